The number of halogens is 1. The van der Waals surface area contributed by atoms with Crippen molar-refractivity contribution in [3.8, 4) is 0 Å². The number of benzene rings is 1. The number of Topliss-reactive ketones (excluding diaryl/α,β-unsaturated/α-hetero) is 1. The third-order valence-electron chi connectivity index (χ3n) is 3.88. The second-order valence-corrected chi connectivity index (χ2v) is 6.04. The molecule has 4 atom stereocenters. The molecule has 0 N–H and O–H groups in total. The molecule has 3 rings (SSSR count). The molecule has 2 fully saturated rings. The van der Waals surface area contributed by atoms with Crippen molar-refractivity contribution in [3.63, 3.8) is 0 Å². The molecule has 90 valence electrons. The van der Waals surface area contributed by atoms with E-state index in [1.165, 1.54) is 5.56 Å². The van der Waals surface area contributed by atoms with Crippen LogP contribution in [0, 0.1) is 11.8 Å². The Morgan fingerprint density at radius 3 is 2.76 bits per heavy atom. The molecule has 1 aromatic carbocycles. The first-order chi connectivity index (χ1) is 8.25. The Kier molecular flexibility index (Phi) is 3.05. The summed E-state index contributed by atoms with van der Waals surface area (Å²) in [6, 6.07) is 10.1. The standard InChI is InChI=1S/C14H15BrO2/c15-13-10-6-11(12(16)7-10)14(13)17-8-9-4-2-1-3-5-9/h1-5,10-11,13-14H,6-8H2/t10-,11-,13+,14-/m1/s1. The lowest BCUT2D eigenvalue weighted by Crippen LogP contribution is -2.35. The minimum atomic E-state index is 0.0708. The fourth-order valence-electron chi connectivity index (χ4n) is 2.98. The Bertz CT molecular complexity index is 417. The molecule has 17 heavy (non-hydrogen) atoms. The number of alkyl halides is 1. The zero-order valence-electron chi connectivity index (χ0n) is 9.51. The Hall–Kier alpha value is -0.670. The van der Waals surface area contributed by atoms with E-state index >= 15 is 0 Å². The van der Waals surface area contributed by atoms with Gasteiger partial charge in [0, 0.05) is 17.2 Å². The zero-order valence-corrected chi connectivity index (χ0v) is 11.1. The van der Waals surface area contributed by atoms with E-state index in [-0.39, 0.29) is 12.0 Å². The van der Waals surface area contributed by atoms with E-state index in [1.54, 1.807) is 0 Å². The van der Waals surface area contributed by atoms with E-state index in [1.807, 2.05) is 18.2 Å². The van der Waals surface area contributed by atoms with E-state index in [4.69, 9.17) is 4.74 Å². The van der Waals surface area contributed by atoms with Gasteiger partial charge in [0.2, 0.25) is 0 Å². The number of fused-ring (bicyclic) bond motifs is 2. The molecule has 0 unspecified atom stereocenters. The summed E-state index contributed by atoms with van der Waals surface area (Å²) in [5, 5.41) is 0. The van der Waals surface area contributed by atoms with Crippen LogP contribution < -0.4 is 0 Å². The summed E-state index contributed by atoms with van der Waals surface area (Å²) in [5.41, 5.74) is 1.17. The van der Waals surface area contributed by atoms with E-state index in [0.717, 1.165) is 12.8 Å². The lowest BCUT2D eigenvalue weighted by molar-refractivity contribution is -0.127. The van der Waals surface area contributed by atoms with Crippen molar-refractivity contribution in [3.05, 3.63) is 35.9 Å². The molecule has 2 saturated carbocycles. The minimum absolute atomic E-state index is 0.0708. The highest BCUT2D eigenvalue weighted by Crippen LogP contribution is 2.47. The van der Waals surface area contributed by atoms with Gasteiger partial charge in [-0.1, -0.05) is 46.3 Å². The largest absolute Gasteiger partial charge is 0.372 e. The molecule has 0 heterocycles. The van der Waals surface area contributed by atoms with Crippen molar-refractivity contribution in [1.29, 1.82) is 0 Å². The zero-order chi connectivity index (χ0) is 11.8. The van der Waals surface area contributed by atoms with Gasteiger partial charge in [-0.05, 0) is 17.9 Å². The fourth-order valence-corrected chi connectivity index (χ4v) is 3.90. The third-order valence-corrected chi connectivity index (χ3v) is 5.15. The summed E-state index contributed by atoms with van der Waals surface area (Å²) >= 11 is 3.69. The van der Waals surface area contributed by atoms with Gasteiger partial charge in [0.25, 0.3) is 0 Å². The van der Waals surface area contributed by atoms with Gasteiger partial charge in [0.15, 0.2) is 0 Å². The van der Waals surface area contributed by atoms with E-state index in [2.05, 4.69) is 28.1 Å². The lowest BCUT2D eigenvalue weighted by Gasteiger charge is -2.26. The maximum atomic E-state index is 11.7. The van der Waals surface area contributed by atoms with Crippen LogP contribution in [-0.2, 0) is 16.1 Å². The first kappa shape index (κ1) is 11.4. The topological polar surface area (TPSA) is 26.3 Å². The van der Waals surface area contributed by atoms with Crippen LogP contribution in [0.1, 0.15) is 18.4 Å². The second-order valence-electron chi connectivity index (χ2n) is 4.98. The Balaban J connectivity index is 1.64. The van der Waals surface area contributed by atoms with Crippen molar-refractivity contribution >= 4 is 21.7 Å². The number of carbonyl (C=O) groups is 1. The average molecular weight is 295 g/mol. The molecule has 0 spiro atoms. The average Bonchev–Trinajstić information content (AvgIpc) is 2.86. The quantitative estimate of drug-likeness (QED) is 0.801. The van der Waals surface area contributed by atoms with Crippen LogP contribution in [0.25, 0.3) is 0 Å². The maximum absolute atomic E-state index is 11.7. The summed E-state index contributed by atoms with van der Waals surface area (Å²) in [6.45, 7) is 0.601. The van der Waals surface area contributed by atoms with E-state index in [9.17, 15) is 4.79 Å². The highest BCUT2D eigenvalue weighted by atomic mass is 79.9. The van der Waals surface area contributed by atoms with Crippen LogP contribution in [0.5, 0.6) is 0 Å². The number of hydrogen-bond acceptors (Lipinski definition) is 2. The number of ketones is 1. The van der Waals surface area contributed by atoms with Gasteiger partial charge in [-0.3, -0.25) is 4.79 Å². The van der Waals surface area contributed by atoms with Gasteiger partial charge in [-0.25, -0.2) is 0 Å². The second kappa shape index (κ2) is 4.54. The molecule has 1 aromatic rings. The smallest absolute Gasteiger partial charge is 0.138 e. The molecule has 2 aliphatic rings. The molecule has 2 aliphatic carbocycles. The lowest BCUT2D eigenvalue weighted by atomic mass is 9.96. The monoisotopic (exact) mass is 294 g/mol. The molecule has 2 bridgehead atoms. The van der Waals surface area contributed by atoms with Gasteiger partial charge < -0.3 is 4.74 Å². The van der Waals surface area contributed by atoms with Crippen LogP contribution in [0.2, 0.25) is 0 Å². The summed E-state index contributed by atoms with van der Waals surface area (Å²) in [6.07, 6.45) is 1.82. The molecule has 3 heteroatoms. The van der Waals surface area contributed by atoms with Gasteiger partial charge in [0.1, 0.15) is 5.78 Å². The highest BCUT2D eigenvalue weighted by Gasteiger charge is 2.52. The summed E-state index contributed by atoms with van der Waals surface area (Å²) in [7, 11) is 0. The molecule has 0 radical (unpaired) electrons. The van der Waals surface area contributed by atoms with Gasteiger partial charge in [-0.15, -0.1) is 0 Å². The van der Waals surface area contributed by atoms with Crippen molar-refractivity contribution in [2.24, 2.45) is 11.8 Å². The Labute approximate surface area is 109 Å². The number of carbonyl (C=O) groups excluding carboxylic acids is 1. The molecule has 0 aliphatic heterocycles. The van der Waals surface area contributed by atoms with Crippen LogP contribution in [0.4, 0.5) is 0 Å². The molecular weight excluding hydrogens is 280 g/mol. The van der Waals surface area contributed by atoms with Crippen molar-refractivity contribution in [2.75, 3.05) is 0 Å². The van der Waals surface area contributed by atoms with Crippen LogP contribution in [-0.4, -0.2) is 16.7 Å². The minimum Gasteiger partial charge on any atom is -0.372 e. The highest BCUT2D eigenvalue weighted by molar-refractivity contribution is 9.09. The van der Waals surface area contributed by atoms with Gasteiger partial charge >= 0.3 is 0 Å². The number of ether oxygens (including phenoxy) is 1. The summed E-state index contributed by atoms with van der Waals surface area (Å²) in [4.78, 5) is 12.1. The number of hydrogen-bond donors (Lipinski definition) is 0. The normalized spacial score (nSPS) is 35.5. The van der Waals surface area contributed by atoms with Gasteiger partial charge in [-0.2, -0.15) is 0 Å². The maximum Gasteiger partial charge on any atom is 0.138 e. The SMILES string of the molecule is O=C1C[C@H]2C[C@H]1[C@@H](OCc1ccccc1)[C@H]2Br. The van der Waals surface area contributed by atoms with Crippen LogP contribution in [0.15, 0.2) is 30.3 Å². The predicted molar refractivity (Wildman–Crippen MR) is 69.0 cm³/mol. The third kappa shape index (κ3) is 2.06. The van der Waals surface area contributed by atoms with Crippen molar-refractivity contribution < 1.29 is 9.53 Å². The molecule has 0 aromatic heterocycles. The first-order valence-corrected chi connectivity index (χ1v) is 6.99. The Morgan fingerprint density at radius 2 is 2.06 bits per heavy atom. The van der Waals surface area contributed by atoms with Gasteiger partial charge in [0.05, 0.1) is 12.7 Å². The van der Waals surface area contributed by atoms with Crippen LogP contribution in [0.3, 0.4) is 0 Å². The fraction of sp³-hybridized carbons (Fsp3) is 0.500. The number of rotatable bonds is 3. The predicted octanol–water partition coefficient (Wildman–Crippen LogP) is 2.94. The molecule has 0 amide bonds. The van der Waals surface area contributed by atoms with Crippen LogP contribution >= 0.6 is 15.9 Å². The molecule has 2 nitrogen and oxygen atoms in total. The van der Waals surface area contributed by atoms with E-state index < -0.39 is 0 Å². The Morgan fingerprint density at radius 1 is 1.29 bits per heavy atom. The summed E-state index contributed by atoms with van der Waals surface area (Å²) in [5.74, 6) is 1.02. The van der Waals surface area contributed by atoms with Crippen molar-refractivity contribution in [2.45, 2.75) is 30.4 Å². The first-order valence-electron chi connectivity index (χ1n) is 6.08. The van der Waals surface area contributed by atoms with Crippen molar-refractivity contribution in [1.82, 2.24) is 0 Å². The van der Waals surface area contributed by atoms with E-state index in [0.29, 0.717) is 23.1 Å². The summed E-state index contributed by atoms with van der Waals surface area (Å²) < 4.78 is 5.94. The molecular formula is C14H15BrO2. The molecule has 0 saturated heterocycles.